The van der Waals surface area contributed by atoms with Gasteiger partial charge in [0, 0.05) is 18.7 Å². The molecule has 0 aromatic rings. The summed E-state index contributed by atoms with van der Waals surface area (Å²) in [6.07, 6.45) is 6.25. The van der Waals surface area contributed by atoms with Crippen molar-refractivity contribution in [3.63, 3.8) is 0 Å². The van der Waals surface area contributed by atoms with Crippen molar-refractivity contribution in [2.45, 2.75) is 46.0 Å². The van der Waals surface area contributed by atoms with Crippen LogP contribution in [0.4, 0.5) is 0 Å². The Kier molecular flexibility index (Phi) is 10.1. The maximum atomic E-state index is 11.1. The molecular weight excluding hydrogens is 202 g/mol. The Hall–Kier alpha value is -0.830. The number of hydrogen-bond donors (Lipinski definition) is 1. The third-order valence-electron chi connectivity index (χ3n) is 2.31. The van der Waals surface area contributed by atoms with E-state index < -0.39 is 0 Å². The van der Waals surface area contributed by atoms with Gasteiger partial charge in [-0.1, -0.05) is 39.2 Å². The topological polar surface area (TPSA) is 38.3 Å². The molecule has 0 fully saturated rings. The van der Waals surface area contributed by atoms with Crippen LogP contribution in [0.25, 0.3) is 0 Å². The first kappa shape index (κ1) is 15.2. The Morgan fingerprint density at radius 1 is 1.19 bits per heavy atom. The summed E-state index contributed by atoms with van der Waals surface area (Å²) in [5.41, 5.74) is 0.541. The van der Waals surface area contributed by atoms with Crippen LogP contribution in [0.2, 0.25) is 0 Å². The molecular formula is C13H25NO2. The van der Waals surface area contributed by atoms with Gasteiger partial charge in [0.25, 0.3) is 0 Å². The Morgan fingerprint density at radius 2 is 1.88 bits per heavy atom. The molecule has 1 amide bonds. The van der Waals surface area contributed by atoms with Gasteiger partial charge in [-0.05, 0) is 13.3 Å². The fourth-order valence-electron chi connectivity index (χ4n) is 1.30. The highest BCUT2D eigenvalue weighted by atomic mass is 16.5. The molecule has 0 atom stereocenters. The minimum Gasteiger partial charge on any atom is -0.380 e. The molecule has 3 heteroatoms. The first-order valence-corrected chi connectivity index (χ1v) is 6.20. The molecule has 1 N–H and O–H groups in total. The van der Waals surface area contributed by atoms with Crippen LogP contribution in [-0.4, -0.2) is 25.7 Å². The Labute approximate surface area is 99.3 Å². The van der Waals surface area contributed by atoms with Gasteiger partial charge in [0.1, 0.15) is 0 Å². The van der Waals surface area contributed by atoms with E-state index in [1.54, 1.807) is 6.92 Å². The molecule has 0 aromatic carbocycles. The van der Waals surface area contributed by atoms with E-state index >= 15 is 0 Å². The number of amides is 1. The highest BCUT2D eigenvalue weighted by molar-refractivity contribution is 5.91. The van der Waals surface area contributed by atoms with Crippen LogP contribution in [0.3, 0.4) is 0 Å². The van der Waals surface area contributed by atoms with E-state index in [2.05, 4.69) is 18.8 Å². The van der Waals surface area contributed by atoms with Gasteiger partial charge in [-0.2, -0.15) is 0 Å². The molecule has 94 valence electrons. The summed E-state index contributed by atoms with van der Waals surface area (Å²) in [6, 6.07) is 0. The van der Waals surface area contributed by atoms with Crippen LogP contribution >= 0.6 is 0 Å². The smallest absolute Gasteiger partial charge is 0.246 e. The van der Waals surface area contributed by atoms with Gasteiger partial charge in [-0.25, -0.2) is 0 Å². The average molecular weight is 227 g/mol. The van der Waals surface area contributed by atoms with Crippen molar-refractivity contribution in [2.24, 2.45) is 0 Å². The molecule has 0 radical (unpaired) electrons. The van der Waals surface area contributed by atoms with Crippen LogP contribution < -0.4 is 5.32 Å². The number of carbonyl (C=O) groups is 1. The summed E-state index contributed by atoms with van der Waals surface area (Å²) < 4.78 is 5.40. The van der Waals surface area contributed by atoms with E-state index in [-0.39, 0.29) is 5.91 Å². The molecule has 0 saturated heterocycles. The summed E-state index contributed by atoms with van der Waals surface area (Å²) in [4.78, 5) is 11.1. The lowest BCUT2D eigenvalue weighted by molar-refractivity contribution is -0.117. The Balaban J connectivity index is 3.10. The lowest BCUT2D eigenvalue weighted by Gasteiger charge is -2.06. The molecule has 16 heavy (non-hydrogen) atoms. The van der Waals surface area contributed by atoms with Crippen LogP contribution in [0.15, 0.2) is 12.2 Å². The summed E-state index contributed by atoms with van der Waals surface area (Å²) >= 11 is 0. The van der Waals surface area contributed by atoms with Gasteiger partial charge in [-0.15, -0.1) is 0 Å². The number of hydrogen-bond acceptors (Lipinski definition) is 2. The summed E-state index contributed by atoms with van der Waals surface area (Å²) in [7, 11) is 0. The molecule has 0 aliphatic carbocycles. The van der Waals surface area contributed by atoms with Crippen molar-refractivity contribution in [1.82, 2.24) is 5.32 Å². The standard InChI is InChI=1S/C13H25NO2/c1-4-5-6-7-8-10-16-11-9-14-13(15)12(2)3/h2,4-11H2,1,3H3,(H,14,15). The van der Waals surface area contributed by atoms with Crippen molar-refractivity contribution < 1.29 is 9.53 Å². The van der Waals surface area contributed by atoms with Gasteiger partial charge in [0.15, 0.2) is 0 Å². The fourth-order valence-corrected chi connectivity index (χ4v) is 1.30. The SMILES string of the molecule is C=C(C)C(=O)NCCOCCCCCCC. The predicted octanol–water partition coefficient (Wildman–Crippen LogP) is 2.67. The summed E-state index contributed by atoms with van der Waals surface area (Å²) in [5, 5.41) is 2.73. The zero-order valence-corrected chi connectivity index (χ0v) is 10.7. The minimum absolute atomic E-state index is 0.0912. The monoisotopic (exact) mass is 227 g/mol. The second kappa shape index (κ2) is 10.7. The third kappa shape index (κ3) is 9.71. The number of ether oxygens (including phenoxy) is 1. The number of unbranched alkanes of at least 4 members (excludes halogenated alkanes) is 4. The highest BCUT2D eigenvalue weighted by Crippen LogP contribution is 2.01. The Morgan fingerprint density at radius 3 is 2.50 bits per heavy atom. The number of nitrogens with one attached hydrogen (secondary N) is 1. The zero-order valence-electron chi connectivity index (χ0n) is 10.7. The molecule has 0 heterocycles. The van der Waals surface area contributed by atoms with E-state index in [9.17, 15) is 4.79 Å². The van der Waals surface area contributed by atoms with Crippen LogP contribution in [0.5, 0.6) is 0 Å². The second-order valence-electron chi connectivity index (χ2n) is 4.06. The lowest BCUT2D eigenvalue weighted by Crippen LogP contribution is -2.27. The maximum absolute atomic E-state index is 11.1. The van der Waals surface area contributed by atoms with Gasteiger partial charge >= 0.3 is 0 Å². The van der Waals surface area contributed by atoms with Gasteiger partial charge in [-0.3, -0.25) is 4.79 Å². The zero-order chi connectivity index (χ0) is 12.2. The molecule has 0 aliphatic heterocycles. The third-order valence-corrected chi connectivity index (χ3v) is 2.31. The highest BCUT2D eigenvalue weighted by Gasteiger charge is 1.99. The van der Waals surface area contributed by atoms with Crippen molar-refractivity contribution in [3.8, 4) is 0 Å². The van der Waals surface area contributed by atoms with Crippen molar-refractivity contribution >= 4 is 5.91 Å². The van der Waals surface area contributed by atoms with Crippen LogP contribution in [0.1, 0.15) is 46.0 Å². The molecule has 0 unspecified atom stereocenters. The van der Waals surface area contributed by atoms with E-state index in [0.29, 0.717) is 18.7 Å². The van der Waals surface area contributed by atoms with Crippen LogP contribution in [-0.2, 0) is 9.53 Å². The molecule has 0 aliphatic rings. The normalized spacial score (nSPS) is 10.1. The summed E-state index contributed by atoms with van der Waals surface area (Å²) in [6.45, 7) is 9.42. The number of rotatable bonds is 10. The van der Waals surface area contributed by atoms with Gasteiger partial charge in [0.2, 0.25) is 5.91 Å². The average Bonchev–Trinajstić information content (AvgIpc) is 2.26. The quantitative estimate of drug-likeness (QED) is 0.460. The molecule has 0 aromatic heterocycles. The molecule has 0 rings (SSSR count). The Bertz CT molecular complexity index is 202. The minimum atomic E-state index is -0.0912. The first-order valence-electron chi connectivity index (χ1n) is 6.20. The van der Waals surface area contributed by atoms with Crippen molar-refractivity contribution in [3.05, 3.63) is 12.2 Å². The van der Waals surface area contributed by atoms with E-state index in [0.717, 1.165) is 13.0 Å². The molecule has 0 bridgehead atoms. The molecule has 0 saturated carbocycles. The molecule has 3 nitrogen and oxygen atoms in total. The second-order valence-corrected chi connectivity index (χ2v) is 4.06. The van der Waals surface area contributed by atoms with Crippen LogP contribution in [0, 0.1) is 0 Å². The van der Waals surface area contributed by atoms with E-state index in [4.69, 9.17) is 4.74 Å². The van der Waals surface area contributed by atoms with Gasteiger partial charge < -0.3 is 10.1 Å². The van der Waals surface area contributed by atoms with E-state index in [1.807, 2.05) is 0 Å². The van der Waals surface area contributed by atoms with E-state index in [1.165, 1.54) is 25.7 Å². The van der Waals surface area contributed by atoms with Crippen molar-refractivity contribution in [1.29, 1.82) is 0 Å². The molecule has 0 spiro atoms. The lowest BCUT2D eigenvalue weighted by atomic mass is 10.2. The van der Waals surface area contributed by atoms with Crippen molar-refractivity contribution in [2.75, 3.05) is 19.8 Å². The summed E-state index contributed by atoms with van der Waals surface area (Å²) in [5.74, 6) is -0.0912. The largest absolute Gasteiger partial charge is 0.380 e. The maximum Gasteiger partial charge on any atom is 0.246 e. The fraction of sp³-hybridized carbons (Fsp3) is 0.769. The first-order chi connectivity index (χ1) is 7.68. The number of carbonyl (C=O) groups excluding carboxylic acids is 1. The van der Waals surface area contributed by atoms with Gasteiger partial charge in [0.05, 0.1) is 6.61 Å². The predicted molar refractivity (Wildman–Crippen MR) is 67.4 cm³/mol.